The number of hydrogen-bond acceptors (Lipinski definition) is 10. The molecular weight excluding hydrogens is 488 g/mol. The Labute approximate surface area is 204 Å². The molecule has 0 aromatic heterocycles. The van der Waals surface area contributed by atoms with Gasteiger partial charge < -0.3 is 9.47 Å². The summed E-state index contributed by atoms with van der Waals surface area (Å²) in [7, 11) is 0. The van der Waals surface area contributed by atoms with E-state index in [9.17, 15) is 39.4 Å². The summed E-state index contributed by atoms with van der Waals surface area (Å²) in [4.78, 5) is 65.9. The number of carbonyl (C=O) groups is 4. The monoisotopic (exact) mass is 508 g/mol. The van der Waals surface area contributed by atoms with E-state index in [1.54, 1.807) is 13.8 Å². The Balaban J connectivity index is 0.000000351. The van der Waals surface area contributed by atoms with E-state index in [-0.39, 0.29) is 30.0 Å². The van der Waals surface area contributed by atoms with Crippen LogP contribution in [0.1, 0.15) is 41.0 Å². The number of nitro benzene ring substituents is 2. The molecular formula is C22H21ClN2O10. The van der Waals surface area contributed by atoms with Crippen molar-refractivity contribution in [3.05, 3.63) is 79.9 Å². The summed E-state index contributed by atoms with van der Waals surface area (Å²) in [6, 6.07) is 10.8. The van der Waals surface area contributed by atoms with Crippen molar-refractivity contribution in [2.75, 3.05) is 13.2 Å². The van der Waals surface area contributed by atoms with Crippen molar-refractivity contribution in [2.24, 2.45) is 0 Å². The van der Waals surface area contributed by atoms with E-state index in [0.29, 0.717) is 0 Å². The lowest BCUT2D eigenvalue weighted by molar-refractivity contribution is -0.385. The minimum absolute atomic E-state index is 0.0756. The standard InChI is InChI=1S/C11H10ClNO5.C11H11NO5/c1-2-18-11(15)9(12)10(14)7-5-3-4-6-8(7)13(16)17;1-2-17-11(14)7-10(13)8-5-3-4-6-9(8)12(15)16/h3-6,9H,2H2,1H3;3-6H,2,7H2,1H3. The molecule has 12 nitrogen and oxygen atoms in total. The third-order valence-electron chi connectivity index (χ3n) is 4.10. The van der Waals surface area contributed by atoms with Gasteiger partial charge in [-0.05, 0) is 26.0 Å². The van der Waals surface area contributed by atoms with Gasteiger partial charge in [0, 0.05) is 12.1 Å². The third kappa shape index (κ3) is 8.59. The Bertz CT molecular complexity index is 1120. The van der Waals surface area contributed by atoms with Gasteiger partial charge in [0.25, 0.3) is 11.4 Å². The van der Waals surface area contributed by atoms with Crippen LogP contribution in [0.2, 0.25) is 0 Å². The van der Waals surface area contributed by atoms with Crippen LogP contribution in [0.25, 0.3) is 0 Å². The summed E-state index contributed by atoms with van der Waals surface area (Å²) in [5.41, 5.74) is -0.986. The fraction of sp³-hybridized carbons (Fsp3) is 0.273. The van der Waals surface area contributed by atoms with Crippen LogP contribution < -0.4 is 0 Å². The van der Waals surface area contributed by atoms with Crippen LogP contribution >= 0.6 is 11.6 Å². The zero-order valence-electron chi connectivity index (χ0n) is 18.7. The van der Waals surface area contributed by atoms with Crippen molar-refractivity contribution in [1.82, 2.24) is 0 Å². The summed E-state index contributed by atoms with van der Waals surface area (Å²) >= 11 is 5.63. The molecule has 13 heteroatoms. The quantitative estimate of drug-likeness (QED) is 0.115. The Kier molecular flexibility index (Phi) is 11.7. The average Bonchev–Trinajstić information content (AvgIpc) is 2.83. The Morgan fingerprint density at radius 1 is 0.829 bits per heavy atom. The Hall–Kier alpha value is -4.19. The molecule has 0 radical (unpaired) electrons. The van der Waals surface area contributed by atoms with Crippen molar-refractivity contribution in [3.8, 4) is 0 Å². The van der Waals surface area contributed by atoms with E-state index in [1.807, 2.05) is 0 Å². The minimum atomic E-state index is -1.58. The highest BCUT2D eigenvalue weighted by atomic mass is 35.5. The first-order valence-electron chi connectivity index (χ1n) is 10.1. The Morgan fingerprint density at radius 3 is 1.77 bits per heavy atom. The van der Waals surface area contributed by atoms with E-state index in [1.165, 1.54) is 48.5 Å². The lowest BCUT2D eigenvalue weighted by atomic mass is 10.1. The SMILES string of the molecule is CCOC(=O)C(Cl)C(=O)c1ccccc1[N+](=O)[O-].CCOC(=O)CC(=O)c1ccccc1[N+](=O)[O-]. The molecule has 1 atom stereocenters. The molecule has 35 heavy (non-hydrogen) atoms. The number of carbonyl (C=O) groups excluding carboxylic acids is 4. The van der Waals surface area contributed by atoms with Gasteiger partial charge in [0.15, 0.2) is 16.9 Å². The van der Waals surface area contributed by atoms with Gasteiger partial charge in [0.1, 0.15) is 6.42 Å². The van der Waals surface area contributed by atoms with Gasteiger partial charge in [-0.1, -0.05) is 24.3 Å². The average molecular weight is 509 g/mol. The predicted molar refractivity (Wildman–Crippen MR) is 122 cm³/mol. The molecule has 0 N–H and O–H groups in total. The first-order chi connectivity index (χ1) is 16.5. The molecule has 0 fully saturated rings. The van der Waals surface area contributed by atoms with E-state index < -0.39 is 50.8 Å². The number of nitrogens with zero attached hydrogens (tertiary/aromatic N) is 2. The molecule has 0 bridgehead atoms. The second kappa shape index (κ2) is 14.2. The van der Waals surface area contributed by atoms with Crippen molar-refractivity contribution in [3.63, 3.8) is 0 Å². The molecule has 1 unspecified atom stereocenters. The van der Waals surface area contributed by atoms with Crippen LogP contribution in [0.4, 0.5) is 11.4 Å². The molecule has 2 aromatic carbocycles. The number of ketones is 2. The molecule has 2 aromatic rings. The lowest BCUT2D eigenvalue weighted by Gasteiger charge is -2.07. The topological polar surface area (TPSA) is 173 Å². The molecule has 0 amide bonds. The number of Topliss-reactive ketones (excluding diaryl/α,β-unsaturated/α-hetero) is 2. The van der Waals surface area contributed by atoms with Crippen LogP contribution in [0.5, 0.6) is 0 Å². The molecule has 0 aliphatic heterocycles. The van der Waals surface area contributed by atoms with Crippen molar-refractivity contribution in [1.29, 1.82) is 0 Å². The molecule has 0 aliphatic carbocycles. The van der Waals surface area contributed by atoms with Crippen molar-refractivity contribution >= 4 is 46.5 Å². The highest BCUT2D eigenvalue weighted by Crippen LogP contribution is 2.21. The summed E-state index contributed by atoms with van der Waals surface area (Å²) in [6.07, 6.45) is -0.487. The number of para-hydroxylation sites is 2. The number of halogens is 1. The number of esters is 2. The maximum atomic E-state index is 11.8. The summed E-state index contributed by atoms with van der Waals surface area (Å²) in [5, 5.41) is 19.8. The van der Waals surface area contributed by atoms with Gasteiger partial charge in [-0.25, -0.2) is 4.79 Å². The van der Waals surface area contributed by atoms with Crippen LogP contribution in [-0.4, -0.2) is 51.9 Å². The van der Waals surface area contributed by atoms with Crippen molar-refractivity contribution in [2.45, 2.75) is 25.6 Å². The predicted octanol–water partition coefficient (Wildman–Crippen LogP) is 3.68. The summed E-state index contributed by atoms with van der Waals surface area (Å²) in [6.45, 7) is 3.43. The molecule has 0 saturated carbocycles. The molecule has 2 rings (SSSR count). The number of benzene rings is 2. The normalized spacial score (nSPS) is 10.7. The number of rotatable bonds is 10. The largest absolute Gasteiger partial charge is 0.466 e. The zero-order chi connectivity index (χ0) is 26.5. The Morgan fingerprint density at radius 2 is 1.29 bits per heavy atom. The van der Waals surface area contributed by atoms with Gasteiger partial charge in [0.05, 0.1) is 34.2 Å². The molecule has 0 saturated heterocycles. The van der Waals surface area contributed by atoms with E-state index in [4.69, 9.17) is 11.6 Å². The lowest BCUT2D eigenvalue weighted by Crippen LogP contribution is -2.27. The first-order valence-corrected chi connectivity index (χ1v) is 10.5. The van der Waals surface area contributed by atoms with Gasteiger partial charge in [-0.2, -0.15) is 0 Å². The molecule has 0 heterocycles. The van der Waals surface area contributed by atoms with Crippen LogP contribution in [0, 0.1) is 20.2 Å². The maximum absolute atomic E-state index is 11.8. The zero-order valence-corrected chi connectivity index (χ0v) is 19.4. The van der Waals surface area contributed by atoms with E-state index >= 15 is 0 Å². The minimum Gasteiger partial charge on any atom is -0.466 e. The smallest absolute Gasteiger partial charge is 0.332 e. The van der Waals surface area contributed by atoms with E-state index in [2.05, 4.69) is 9.47 Å². The molecule has 186 valence electrons. The number of alkyl halides is 1. The fourth-order valence-corrected chi connectivity index (χ4v) is 2.79. The second-order valence-corrected chi connectivity index (χ2v) is 6.87. The van der Waals surface area contributed by atoms with Crippen LogP contribution in [0.15, 0.2) is 48.5 Å². The highest BCUT2D eigenvalue weighted by molar-refractivity contribution is 6.43. The van der Waals surface area contributed by atoms with Gasteiger partial charge >= 0.3 is 11.9 Å². The van der Waals surface area contributed by atoms with E-state index in [0.717, 1.165) is 0 Å². The number of ether oxygens (including phenoxy) is 2. The van der Waals surface area contributed by atoms with Gasteiger partial charge in [-0.15, -0.1) is 11.6 Å². The number of nitro groups is 2. The number of hydrogen-bond donors (Lipinski definition) is 0. The maximum Gasteiger partial charge on any atom is 0.332 e. The summed E-state index contributed by atoms with van der Waals surface area (Å²) < 4.78 is 9.19. The third-order valence-corrected chi connectivity index (χ3v) is 4.48. The van der Waals surface area contributed by atoms with Gasteiger partial charge in [0.2, 0.25) is 0 Å². The fourth-order valence-electron chi connectivity index (χ4n) is 2.61. The second-order valence-electron chi connectivity index (χ2n) is 6.43. The summed E-state index contributed by atoms with van der Waals surface area (Å²) in [5.74, 6) is -3.06. The van der Waals surface area contributed by atoms with Gasteiger partial charge in [-0.3, -0.25) is 34.6 Å². The highest BCUT2D eigenvalue weighted by Gasteiger charge is 2.31. The first kappa shape index (κ1) is 28.8. The molecule has 0 spiro atoms. The van der Waals surface area contributed by atoms with Crippen molar-refractivity contribution < 1.29 is 38.5 Å². The van der Waals surface area contributed by atoms with Crippen LogP contribution in [-0.2, 0) is 19.1 Å². The van der Waals surface area contributed by atoms with Crippen LogP contribution in [0.3, 0.4) is 0 Å². The molecule has 0 aliphatic rings.